The largest absolute Gasteiger partial charge is 0.482 e. The first kappa shape index (κ1) is 9.90. The van der Waals surface area contributed by atoms with Crippen molar-refractivity contribution in [2.45, 2.75) is 0 Å². The van der Waals surface area contributed by atoms with Crippen LogP contribution in [0.1, 0.15) is 0 Å². The number of aromatic amines is 1. The van der Waals surface area contributed by atoms with Gasteiger partial charge in [-0.25, -0.2) is 0 Å². The Balaban J connectivity index is 2.33. The van der Waals surface area contributed by atoms with Crippen LogP contribution in [0.2, 0.25) is 0 Å². The number of nitrogens with one attached hydrogen (secondary N) is 1. The first-order valence-electron chi connectivity index (χ1n) is 5.45. The molecule has 3 rings (SSSR count). The summed E-state index contributed by atoms with van der Waals surface area (Å²) in [5, 5.41) is 2.21. The lowest BCUT2D eigenvalue weighted by atomic mass is 10.1. The standard InChI is InChI=1S/C14H12N2O/c1-17-14-13-10(9-16-14)5-4-6-11(13)12-7-2-3-8-15-12/h2-9,16H,1H3. The smallest absolute Gasteiger partial charge is 0.199 e. The van der Waals surface area contributed by atoms with Gasteiger partial charge in [0.25, 0.3) is 0 Å². The molecule has 2 heterocycles. The van der Waals surface area contributed by atoms with Gasteiger partial charge in [-0.3, -0.25) is 4.98 Å². The third kappa shape index (κ3) is 1.56. The van der Waals surface area contributed by atoms with E-state index in [1.54, 1.807) is 13.3 Å². The molecular weight excluding hydrogens is 212 g/mol. The summed E-state index contributed by atoms with van der Waals surface area (Å²) < 4.78 is 5.35. The van der Waals surface area contributed by atoms with Gasteiger partial charge in [-0.05, 0) is 12.1 Å². The lowest BCUT2D eigenvalue weighted by Crippen LogP contribution is -1.86. The maximum absolute atomic E-state index is 5.35. The molecule has 0 atom stereocenters. The molecule has 84 valence electrons. The highest BCUT2D eigenvalue weighted by Crippen LogP contribution is 2.33. The molecule has 0 unspecified atom stereocenters. The zero-order valence-corrected chi connectivity index (χ0v) is 9.47. The van der Waals surface area contributed by atoms with E-state index in [1.807, 2.05) is 30.5 Å². The molecule has 0 aliphatic carbocycles. The van der Waals surface area contributed by atoms with Crippen LogP contribution in [0.5, 0.6) is 5.88 Å². The van der Waals surface area contributed by atoms with Gasteiger partial charge in [-0.2, -0.15) is 0 Å². The third-order valence-corrected chi connectivity index (χ3v) is 2.83. The molecule has 3 aromatic rings. The first-order chi connectivity index (χ1) is 8.40. The van der Waals surface area contributed by atoms with E-state index >= 15 is 0 Å². The predicted octanol–water partition coefficient (Wildman–Crippen LogP) is 3.24. The Bertz CT molecular complexity index is 644. The van der Waals surface area contributed by atoms with E-state index in [0.717, 1.165) is 27.9 Å². The van der Waals surface area contributed by atoms with Crippen molar-refractivity contribution in [3.8, 4) is 17.1 Å². The van der Waals surface area contributed by atoms with Crippen LogP contribution in [0, 0.1) is 0 Å². The average molecular weight is 224 g/mol. The predicted molar refractivity (Wildman–Crippen MR) is 68.1 cm³/mol. The van der Waals surface area contributed by atoms with Gasteiger partial charge in [0.2, 0.25) is 0 Å². The van der Waals surface area contributed by atoms with Crippen molar-refractivity contribution in [2.24, 2.45) is 0 Å². The van der Waals surface area contributed by atoms with Gasteiger partial charge >= 0.3 is 0 Å². The molecule has 0 radical (unpaired) electrons. The number of H-pyrrole nitrogens is 1. The molecule has 0 aliphatic rings. The molecular formula is C14H12N2O. The quantitative estimate of drug-likeness (QED) is 0.725. The average Bonchev–Trinajstić information content (AvgIpc) is 2.82. The molecule has 3 heteroatoms. The van der Waals surface area contributed by atoms with Crippen molar-refractivity contribution in [3.05, 3.63) is 48.8 Å². The molecule has 0 saturated carbocycles. The topological polar surface area (TPSA) is 37.9 Å². The zero-order chi connectivity index (χ0) is 11.7. The van der Waals surface area contributed by atoms with Crippen LogP contribution in [0.4, 0.5) is 0 Å². The molecule has 17 heavy (non-hydrogen) atoms. The molecule has 0 fully saturated rings. The Labute approximate surface area is 99.1 Å². The number of methoxy groups -OCH3 is 1. The third-order valence-electron chi connectivity index (χ3n) is 2.83. The number of pyridine rings is 1. The molecule has 1 aromatic carbocycles. The van der Waals surface area contributed by atoms with Crippen LogP contribution < -0.4 is 4.74 Å². The van der Waals surface area contributed by atoms with Crippen molar-refractivity contribution in [3.63, 3.8) is 0 Å². The van der Waals surface area contributed by atoms with Crippen LogP contribution in [0.3, 0.4) is 0 Å². The molecule has 1 N–H and O–H groups in total. The summed E-state index contributed by atoms with van der Waals surface area (Å²) in [6, 6.07) is 12.0. The minimum absolute atomic E-state index is 0.779. The van der Waals surface area contributed by atoms with Gasteiger partial charge in [-0.1, -0.05) is 24.3 Å². The molecule has 0 aliphatic heterocycles. The zero-order valence-electron chi connectivity index (χ0n) is 9.47. The second kappa shape index (κ2) is 3.94. The van der Waals surface area contributed by atoms with Crippen molar-refractivity contribution in [2.75, 3.05) is 7.11 Å². The van der Waals surface area contributed by atoms with Crippen LogP contribution in [0.15, 0.2) is 48.8 Å². The van der Waals surface area contributed by atoms with Crippen LogP contribution in [-0.2, 0) is 0 Å². The number of fused-ring (bicyclic) bond motifs is 1. The number of aromatic nitrogens is 2. The Hall–Kier alpha value is -2.29. The normalized spacial score (nSPS) is 10.6. The second-order valence-electron chi connectivity index (χ2n) is 3.81. The van der Waals surface area contributed by atoms with Crippen LogP contribution in [0.25, 0.3) is 22.0 Å². The Morgan fingerprint density at radius 1 is 1.12 bits per heavy atom. The van der Waals surface area contributed by atoms with E-state index in [2.05, 4.69) is 22.1 Å². The lowest BCUT2D eigenvalue weighted by molar-refractivity contribution is 0.405. The number of hydrogen-bond acceptors (Lipinski definition) is 2. The van der Waals surface area contributed by atoms with Crippen molar-refractivity contribution in [1.82, 2.24) is 9.97 Å². The number of rotatable bonds is 2. The molecule has 0 saturated heterocycles. The maximum atomic E-state index is 5.35. The molecule has 2 aromatic heterocycles. The highest BCUT2D eigenvalue weighted by Gasteiger charge is 2.10. The Morgan fingerprint density at radius 2 is 2.06 bits per heavy atom. The Morgan fingerprint density at radius 3 is 2.82 bits per heavy atom. The number of hydrogen-bond donors (Lipinski definition) is 1. The van der Waals surface area contributed by atoms with Crippen molar-refractivity contribution >= 4 is 10.8 Å². The van der Waals surface area contributed by atoms with E-state index < -0.39 is 0 Å². The van der Waals surface area contributed by atoms with E-state index in [1.165, 1.54) is 0 Å². The summed E-state index contributed by atoms with van der Waals surface area (Å²) in [4.78, 5) is 7.51. The minimum Gasteiger partial charge on any atom is -0.482 e. The summed E-state index contributed by atoms with van der Waals surface area (Å²) in [6.45, 7) is 0. The summed E-state index contributed by atoms with van der Waals surface area (Å²) in [6.07, 6.45) is 3.74. The van der Waals surface area contributed by atoms with Gasteiger partial charge in [-0.15, -0.1) is 0 Å². The van der Waals surface area contributed by atoms with Crippen molar-refractivity contribution in [1.29, 1.82) is 0 Å². The molecule has 3 nitrogen and oxygen atoms in total. The fraction of sp³-hybridized carbons (Fsp3) is 0.0714. The van der Waals surface area contributed by atoms with E-state index in [4.69, 9.17) is 4.74 Å². The van der Waals surface area contributed by atoms with Gasteiger partial charge < -0.3 is 9.72 Å². The number of nitrogens with zero attached hydrogens (tertiary/aromatic N) is 1. The summed E-state index contributed by atoms with van der Waals surface area (Å²) in [5.41, 5.74) is 2.04. The monoisotopic (exact) mass is 224 g/mol. The highest BCUT2D eigenvalue weighted by atomic mass is 16.5. The number of ether oxygens (including phenoxy) is 1. The lowest BCUT2D eigenvalue weighted by Gasteiger charge is -2.04. The van der Waals surface area contributed by atoms with Gasteiger partial charge in [0.05, 0.1) is 18.2 Å². The minimum atomic E-state index is 0.779. The van der Waals surface area contributed by atoms with Crippen LogP contribution in [-0.4, -0.2) is 17.1 Å². The second-order valence-corrected chi connectivity index (χ2v) is 3.81. The van der Waals surface area contributed by atoms with E-state index in [0.29, 0.717) is 0 Å². The number of benzene rings is 1. The first-order valence-corrected chi connectivity index (χ1v) is 5.45. The molecule has 0 amide bonds. The van der Waals surface area contributed by atoms with Crippen LogP contribution >= 0.6 is 0 Å². The molecule has 0 bridgehead atoms. The SMILES string of the molecule is COc1[nH]cc2cccc(-c3ccccn3)c12. The molecule has 0 spiro atoms. The fourth-order valence-electron chi connectivity index (χ4n) is 2.06. The van der Waals surface area contributed by atoms with Crippen molar-refractivity contribution < 1.29 is 4.74 Å². The van der Waals surface area contributed by atoms with E-state index in [-0.39, 0.29) is 0 Å². The summed E-state index contributed by atoms with van der Waals surface area (Å²) >= 11 is 0. The maximum Gasteiger partial charge on any atom is 0.199 e. The van der Waals surface area contributed by atoms with Gasteiger partial charge in [0.15, 0.2) is 5.88 Å². The van der Waals surface area contributed by atoms with Gasteiger partial charge in [0, 0.05) is 23.3 Å². The summed E-state index contributed by atoms with van der Waals surface area (Å²) in [5.74, 6) is 0.779. The summed E-state index contributed by atoms with van der Waals surface area (Å²) in [7, 11) is 1.67. The Kier molecular flexibility index (Phi) is 2.29. The highest BCUT2D eigenvalue weighted by molar-refractivity contribution is 5.99. The fourth-order valence-corrected chi connectivity index (χ4v) is 2.06. The van der Waals surface area contributed by atoms with Gasteiger partial charge in [0.1, 0.15) is 0 Å². The van der Waals surface area contributed by atoms with E-state index in [9.17, 15) is 0 Å².